The van der Waals surface area contributed by atoms with Crippen molar-refractivity contribution in [2.24, 2.45) is 5.92 Å². The number of unbranched alkanes of at least 4 members (excludes halogenated alkanes) is 1. The molecule has 2 amide bonds. The number of alkyl halides is 1. The number of hydrogen-bond acceptors (Lipinski definition) is 5. The van der Waals surface area contributed by atoms with Crippen molar-refractivity contribution in [2.75, 3.05) is 5.32 Å². The quantitative estimate of drug-likeness (QED) is 0.323. The largest absolute Gasteiger partial charge is 0.392 e. The van der Waals surface area contributed by atoms with Crippen LogP contribution in [0, 0.1) is 5.92 Å². The summed E-state index contributed by atoms with van der Waals surface area (Å²) >= 11 is 5.84. The molecule has 0 radical (unpaired) electrons. The summed E-state index contributed by atoms with van der Waals surface area (Å²) in [4.78, 5) is 47.6. The maximum atomic E-state index is 12.4. The molecular weight excluding hydrogens is 408 g/mol. The number of anilines is 1. The highest BCUT2D eigenvalue weighted by Gasteiger charge is 2.22. The molecule has 0 aromatic heterocycles. The topological polar surface area (TPSA) is 113 Å². The molecule has 0 aliphatic carbocycles. The molecule has 30 heavy (non-hydrogen) atoms. The van der Waals surface area contributed by atoms with Gasteiger partial charge in [-0.25, -0.2) is 0 Å². The van der Waals surface area contributed by atoms with Gasteiger partial charge in [0.2, 0.25) is 11.8 Å². The molecule has 0 aliphatic rings. The third-order valence-electron chi connectivity index (χ3n) is 4.66. The van der Waals surface area contributed by atoms with Crippen LogP contribution in [0.3, 0.4) is 0 Å². The predicted molar refractivity (Wildman–Crippen MR) is 116 cm³/mol. The molecule has 0 fully saturated rings. The average Bonchev–Trinajstić information content (AvgIpc) is 2.70. The van der Waals surface area contributed by atoms with E-state index >= 15 is 0 Å². The SMILES string of the molecule is CC(=O)CCCCC(=O)N[C@@H](C)C(=O)C[C@@H](C)C(=O)Nc1cc(CO)cc(CCl)c1. The number of Topliss-reactive ketones (excluding diaryl/α,β-unsaturated/α-hetero) is 2. The standard InChI is InChI=1S/C22H31ClN2O5/c1-14(22(30)25-19-10-17(12-23)9-18(11-19)13-26)8-20(28)16(3)24-21(29)7-5-4-6-15(2)27/h9-11,14,16,26H,4-8,12-13H2,1-3H3,(H,24,29)(H,25,30)/t14-,16+/m1/s1. The number of halogens is 1. The van der Waals surface area contributed by atoms with Gasteiger partial charge >= 0.3 is 0 Å². The van der Waals surface area contributed by atoms with E-state index in [1.807, 2.05) is 0 Å². The maximum absolute atomic E-state index is 12.4. The van der Waals surface area contributed by atoms with E-state index in [0.29, 0.717) is 30.5 Å². The van der Waals surface area contributed by atoms with Crippen molar-refractivity contribution in [3.05, 3.63) is 29.3 Å². The number of rotatable bonds is 13. The van der Waals surface area contributed by atoms with Crippen molar-refractivity contribution in [2.45, 2.75) is 71.4 Å². The fraction of sp³-hybridized carbons (Fsp3) is 0.545. The Labute approximate surface area is 182 Å². The van der Waals surface area contributed by atoms with Gasteiger partial charge in [-0.05, 0) is 49.9 Å². The number of amides is 2. The van der Waals surface area contributed by atoms with E-state index in [1.54, 1.807) is 32.0 Å². The van der Waals surface area contributed by atoms with Crippen LogP contribution in [0.5, 0.6) is 0 Å². The first-order valence-electron chi connectivity index (χ1n) is 10.1. The zero-order valence-corrected chi connectivity index (χ0v) is 18.6. The molecule has 1 aromatic rings. The van der Waals surface area contributed by atoms with Gasteiger partial charge in [-0.1, -0.05) is 13.0 Å². The van der Waals surface area contributed by atoms with Crippen LogP contribution in [0.4, 0.5) is 5.69 Å². The number of nitrogens with one attached hydrogen (secondary N) is 2. The lowest BCUT2D eigenvalue weighted by Gasteiger charge is -2.17. The van der Waals surface area contributed by atoms with Crippen molar-refractivity contribution in [1.82, 2.24) is 5.32 Å². The Bertz CT molecular complexity index is 744. The van der Waals surface area contributed by atoms with Crippen molar-refractivity contribution >= 4 is 40.7 Å². The second-order valence-electron chi connectivity index (χ2n) is 7.59. The predicted octanol–water partition coefficient (Wildman–Crippen LogP) is 3.11. The smallest absolute Gasteiger partial charge is 0.227 e. The second kappa shape index (κ2) is 13.1. The number of aliphatic hydroxyl groups excluding tert-OH is 1. The molecule has 2 atom stereocenters. The van der Waals surface area contributed by atoms with Crippen LogP contribution in [-0.4, -0.2) is 34.5 Å². The summed E-state index contributed by atoms with van der Waals surface area (Å²) in [6.45, 7) is 4.58. The first kappa shape index (κ1) is 25.8. The summed E-state index contributed by atoms with van der Waals surface area (Å²) in [6.07, 6.45) is 1.92. The van der Waals surface area contributed by atoms with Gasteiger partial charge in [0.05, 0.1) is 12.6 Å². The molecule has 0 heterocycles. The first-order chi connectivity index (χ1) is 14.2. The number of hydrogen-bond donors (Lipinski definition) is 3. The monoisotopic (exact) mass is 438 g/mol. The molecule has 8 heteroatoms. The minimum absolute atomic E-state index is 0.0142. The number of aliphatic hydroxyl groups is 1. The highest BCUT2D eigenvalue weighted by molar-refractivity contribution is 6.17. The van der Waals surface area contributed by atoms with Crippen molar-refractivity contribution < 1.29 is 24.3 Å². The van der Waals surface area contributed by atoms with Crippen LogP contribution in [0.2, 0.25) is 0 Å². The van der Waals surface area contributed by atoms with Crippen LogP contribution in [0.25, 0.3) is 0 Å². The summed E-state index contributed by atoms with van der Waals surface area (Å²) in [5.74, 6) is -1.07. The number of benzene rings is 1. The van der Waals surface area contributed by atoms with E-state index in [2.05, 4.69) is 10.6 Å². The van der Waals surface area contributed by atoms with Crippen molar-refractivity contribution in [1.29, 1.82) is 0 Å². The minimum atomic E-state index is -0.693. The summed E-state index contributed by atoms with van der Waals surface area (Å²) in [7, 11) is 0. The molecule has 0 spiro atoms. The lowest BCUT2D eigenvalue weighted by Crippen LogP contribution is -2.39. The summed E-state index contributed by atoms with van der Waals surface area (Å²) in [5.41, 5.74) is 1.90. The molecule has 0 unspecified atom stereocenters. The average molecular weight is 439 g/mol. The zero-order valence-electron chi connectivity index (χ0n) is 17.8. The molecule has 166 valence electrons. The van der Waals surface area contributed by atoms with Crippen LogP contribution in [-0.2, 0) is 31.7 Å². The Balaban J connectivity index is 2.51. The Morgan fingerprint density at radius 2 is 1.67 bits per heavy atom. The zero-order chi connectivity index (χ0) is 22.7. The Kier molecular flexibility index (Phi) is 11.3. The van der Waals surface area contributed by atoms with E-state index in [0.717, 1.165) is 5.56 Å². The first-order valence-corrected chi connectivity index (χ1v) is 10.6. The minimum Gasteiger partial charge on any atom is -0.392 e. The van der Waals surface area contributed by atoms with E-state index < -0.39 is 12.0 Å². The Morgan fingerprint density at radius 1 is 1.03 bits per heavy atom. The molecule has 1 aromatic carbocycles. The fourth-order valence-corrected chi connectivity index (χ4v) is 3.05. The normalized spacial score (nSPS) is 12.7. The fourth-order valence-electron chi connectivity index (χ4n) is 2.89. The number of ketones is 2. The van der Waals surface area contributed by atoms with Gasteiger partial charge < -0.3 is 20.5 Å². The van der Waals surface area contributed by atoms with E-state index in [1.165, 1.54) is 6.92 Å². The van der Waals surface area contributed by atoms with Gasteiger partial charge in [-0.3, -0.25) is 14.4 Å². The Morgan fingerprint density at radius 3 is 2.27 bits per heavy atom. The van der Waals surface area contributed by atoms with Gasteiger partial charge in [-0.15, -0.1) is 11.6 Å². The number of carbonyl (C=O) groups is 4. The molecule has 0 saturated heterocycles. The molecular formula is C22H31ClN2O5. The molecule has 3 N–H and O–H groups in total. The molecule has 7 nitrogen and oxygen atoms in total. The molecule has 0 saturated carbocycles. The summed E-state index contributed by atoms with van der Waals surface area (Å²) in [6, 6.07) is 4.42. The lowest BCUT2D eigenvalue weighted by molar-refractivity contribution is -0.129. The summed E-state index contributed by atoms with van der Waals surface area (Å²) < 4.78 is 0. The van der Waals surface area contributed by atoms with E-state index in [4.69, 9.17) is 11.6 Å². The van der Waals surface area contributed by atoms with Crippen molar-refractivity contribution in [3.8, 4) is 0 Å². The van der Waals surface area contributed by atoms with Gasteiger partial charge in [0.15, 0.2) is 5.78 Å². The number of carbonyl (C=O) groups excluding carboxylic acids is 4. The maximum Gasteiger partial charge on any atom is 0.227 e. The van der Waals surface area contributed by atoms with Gasteiger partial charge in [0.25, 0.3) is 0 Å². The summed E-state index contributed by atoms with van der Waals surface area (Å²) in [5, 5.41) is 14.7. The Hall–Kier alpha value is -2.25. The highest BCUT2D eigenvalue weighted by atomic mass is 35.5. The molecule has 0 bridgehead atoms. The van der Waals surface area contributed by atoms with Crippen LogP contribution in [0.1, 0.15) is 64.0 Å². The third kappa shape index (κ3) is 9.50. The van der Waals surface area contributed by atoms with E-state index in [-0.39, 0.29) is 48.7 Å². The van der Waals surface area contributed by atoms with Crippen LogP contribution >= 0.6 is 11.6 Å². The second-order valence-corrected chi connectivity index (χ2v) is 7.86. The van der Waals surface area contributed by atoms with Crippen LogP contribution in [0.15, 0.2) is 18.2 Å². The van der Waals surface area contributed by atoms with Crippen molar-refractivity contribution in [3.63, 3.8) is 0 Å². The third-order valence-corrected chi connectivity index (χ3v) is 4.96. The van der Waals surface area contributed by atoms with Gasteiger partial charge in [0.1, 0.15) is 5.78 Å². The molecule has 1 rings (SSSR count). The lowest BCUT2D eigenvalue weighted by atomic mass is 9.99. The van der Waals surface area contributed by atoms with Gasteiger partial charge in [0, 0.05) is 36.7 Å². The highest BCUT2D eigenvalue weighted by Crippen LogP contribution is 2.18. The van der Waals surface area contributed by atoms with E-state index in [9.17, 15) is 24.3 Å². The van der Waals surface area contributed by atoms with Gasteiger partial charge in [-0.2, -0.15) is 0 Å². The van der Waals surface area contributed by atoms with Crippen LogP contribution < -0.4 is 10.6 Å². The molecule has 0 aliphatic heterocycles.